The summed E-state index contributed by atoms with van der Waals surface area (Å²) in [5.41, 5.74) is 2.06. The summed E-state index contributed by atoms with van der Waals surface area (Å²) >= 11 is 4.18. The summed E-state index contributed by atoms with van der Waals surface area (Å²) in [7, 11) is 0. The summed E-state index contributed by atoms with van der Waals surface area (Å²) in [6, 6.07) is 7.97. The first-order valence-electron chi connectivity index (χ1n) is 8.38. The van der Waals surface area contributed by atoms with Crippen LogP contribution in [0.15, 0.2) is 30.3 Å². The second-order valence-electron chi connectivity index (χ2n) is 5.63. The summed E-state index contributed by atoms with van der Waals surface area (Å²) < 4.78 is 14.8. The minimum atomic E-state index is -0.280. The number of nitrogens with zero attached hydrogens (tertiary/aromatic N) is 2. The number of hydrogen-bond acceptors (Lipinski definition) is 3. The zero-order valence-corrected chi connectivity index (χ0v) is 14.9. The number of carbonyl (C=O) groups is 1. The van der Waals surface area contributed by atoms with Crippen LogP contribution < -0.4 is 5.32 Å². The highest BCUT2D eigenvalue weighted by atomic mass is 32.1. The van der Waals surface area contributed by atoms with Gasteiger partial charge in [0.05, 0.1) is 5.69 Å². The van der Waals surface area contributed by atoms with Gasteiger partial charge in [0.1, 0.15) is 5.82 Å². The summed E-state index contributed by atoms with van der Waals surface area (Å²) in [6.07, 6.45) is 4.29. The SMILES string of the molecule is CCn1nc(C(=O)NCCCCCCS)cc1-c1ccc(F)cc1. The number of rotatable bonds is 9. The van der Waals surface area contributed by atoms with Gasteiger partial charge in [0, 0.05) is 18.7 Å². The number of aromatic nitrogens is 2. The lowest BCUT2D eigenvalue weighted by molar-refractivity contribution is 0.0947. The molecule has 1 amide bonds. The molecule has 1 aromatic carbocycles. The Kier molecular flexibility index (Phi) is 7.31. The quantitative estimate of drug-likeness (QED) is 0.532. The first-order valence-corrected chi connectivity index (χ1v) is 9.01. The minimum Gasteiger partial charge on any atom is -0.351 e. The van der Waals surface area contributed by atoms with Crippen molar-refractivity contribution < 1.29 is 9.18 Å². The van der Waals surface area contributed by atoms with Crippen molar-refractivity contribution in [3.05, 3.63) is 41.8 Å². The van der Waals surface area contributed by atoms with Gasteiger partial charge in [0.2, 0.25) is 0 Å². The molecule has 1 heterocycles. The van der Waals surface area contributed by atoms with Gasteiger partial charge < -0.3 is 5.32 Å². The van der Waals surface area contributed by atoms with E-state index >= 15 is 0 Å². The Morgan fingerprint density at radius 1 is 1.21 bits per heavy atom. The fourth-order valence-corrected chi connectivity index (χ4v) is 2.73. The summed E-state index contributed by atoms with van der Waals surface area (Å²) in [4.78, 5) is 12.2. The lowest BCUT2D eigenvalue weighted by atomic mass is 10.1. The highest BCUT2D eigenvalue weighted by molar-refractivity contribution is 7.80. The van der Waals surface area contributed by atoms with E-state index in [0.717, 1.165) is 42.7 Å². The van der Waals surface area contributed by atoms with E-state index < -0.39 is 0 Å². The lowest BCUT2D eigenvalue weighted by Gasteiger charge is -2.04. The second kappa shape index (κ2) is 9.47. The summed E-state index contributed by atoms with van der Waals surface area (Å²) in [6.45, 7) is 3.25. The van der Waals surface area contributed by atoms with E-state index in [-0.39, 0.29) is 11.7 Å². The molecule has 1 aromatic heterocycles. The van der Waals surface area contributed by atoms with Crippen LogP contribution in [0.4, 0.5) is 4.39 Å². The standard InChI is InChI=1S/C18H24FN3OS/c1-2-22-17(14-7-9-15(19)10-8-14)13-16(21-22)18(23)20-11-5-3-4-6-12-24/h7-10,13,24H,2-6,11-12H2,1H3,(H,20,23). The van der Waals surface area contributed by atoms with Crippen molar-refractivity contribution in [2.24, 2.45) is 0 Å². The molecule has 24 heavy (non-hydrogen) atoms. The van der Waals surface area contributed by atoms with Gasteiger partial charge >= 0.3 is 0 Å². The average Bonchev–Trinajstić information content (AvgIpc) is 3.03. The molecule has 0 radical (unpaired) electrons. The van der Waals surface area contributed by atoms with Crippen molar-refractivity contribution in [1.29, 1.82) is 0 Å². The van der Waals surface area contributed by atoms with E-state index in [9.17, 15) is 9.18 Å². The van der Waals surface area contributed by atoms with Gasteiger partial charge in [0.25, 0.3) is 5.91 Å². The molecule has 0 unspecified atom stereocenters. The Morgan fingerprint density at radius 2 is 1.92 bits per heavy atom. The monoisotopic (exact) mass is 349 g/mol. The van der Waals surface area contributed by atoms with E-state index in [0.29, 0.717) is 18.8 Å². The van der Waals surface area contributed by atoms with Crippen LogP contribution in [0.25, 0.3) is 11.3 Å². The van der Waals surface area contributed by atoms with Crippen molar-refractivity contribution in [3.63, 3.8) is 0 Å². The van der Waals surface area contributed by atoms with Crippen molar-refractivity contribution in [3.8, 4) is 11.3 Å². The number of hydrogen-bond donors (Lipinski definition) is 2. The molecular formula is C18H24FN3OS. The van der Waals surface area contributed by atoms with Crippen LogP contribution in [-0.4, -0.2) is 28.0 Å². The smallest absolute Gasteiger partial charge is 0.271 e. The number of nitrogens with one attached hydrogen (secondary N) is 1. The van der Waals surface area contributed by atoms with E-state index in [1.54, 1.807) is 22.9 Å². The van der Waals surface area contributed by atoms with Gasteiger partial charge in [-0.3, -0.25) is 9.48 Å². The fourth-order valence-electron chi connectivity index (χ4n) is 2.50. The second-order valence-corrected chi connectivity index (χ2v) is 6.08. The van der Waals surface area contributed by atoms with Crippen molar-refractivity contribution >= 4 is 18.5 Å². The van der Waals surface area contributed by atoms with Crippen LogP contribution in [-0.2, 0) is 6.54 Å². The van der Waals surface area contributed by atoms with Crippen molar-refractivity contribution in [2.75, 3.05) is 12.3 Å². The fraction of sp³-hybridized carbons (Fsp3) is 0.444. The van der Waals surface area contributed by atoms with E-state index in [1.165, 1.54) is 12.1 Å². The number of amides is 1. The molecule has 1 N–H and O–H groups in total. The van der Waals surface area contributed by atoms with Crippen LogP contribution in [0.1, 0.15) is 43.1 Å². The molecular weight excluding hydrogens is 325 g/mol. The third-order valence-corrected chi connectivity index (χ3v) is 4.14. The molecule has 0 fully saturated rings. The van der Waals surface area contributed by atoms with E-state index in [2.05, 4.69) is 23.0 Å². The highest BCUT2D eigenvalue weighted by Gasteiger charge is 2.14. The van der Waals surface area contributed by atoms with E-state index in [4.69, 9.17) is 0 Å². The Hall–Kier alpha value is -1.82. The van der Waals surface area contributed by atoms with Gasteiger partial charge in [-0.1, -0.05) is 12.8 Å². The summed E-state index contributed by atoms with van der Waals surface area (Å²) in [5, 5.41) is 7.26. The maximum Gasteiger partial charge on any atom is 0.271 e. The molecule has 2 aromatic rings. The van der Waals surface area contributed by atoms with Gasteiger partial charge in [-0.05, 0) is 55.9 Å². The molecule has 0 aliphatic rings. The van der Waals surface area contributed by atoms with Crippen molar-refractivity contribution in [1.82, 2.24) is 15.1 Å². The lowest BCUT2D eigenvalue weighted by Crippen LogP contribution is -2.25. The molecule has 0 bridgehead atoms. The van der Waals surface area contributed by atoms with Crippen LogP contribution in [0, 0.1) is 5.82 Å². The van der Waals surface area contributed by atoms with Gasteiger partial charge in [-0.15, -0.1) is 0 Å². The molecule has 130 valence electrons. The molecule has 0 aliphatic carbocycles. The molecule has 0 saturated carbocycles. The predicted octanol–water partition coefficient (Wildman–Crippen LogP) is 3.93. The van der Waals surface area contributed by atoms with Crippen LogP contribution in [0.5, 0.6) is 0 Å². The maximum absolute atomic E-state index is 13.1. The zero-order chi connectivity index (χ0) is 17.4. The molecule has 4 nitrogen and oxygen atoms in total. The molecule has 0 saturated heterocycles. The first-order chi connectivity index (χ1) is 11.7. The number of carbonyl (C=O) groups excluding carboxylic acids is 1. The largest absolute Gasteiger partial charge is 0.351 e. The van der Waals surface area contributed by atoms with Gasteiger partial charge in [-0.25, -0.2) is 4.39 Å². The highest BCUT2D eigenvalue weighted by Crippen LogP contribution is 2.21. The van der Waals surface area contributed by atoms with Crippen LogP contribution in [0.2, 0.25) is 0 Å². The number of thiol groups is 1. The molecule has 0 aliphatic heterocycles. The average molecular weight is 349 g/mol. The Balaban J connectivity index is 1.98. The topological polar surface area (TPSA) is 46.9 Å². The third kappa shape index (κ3) is 5.09. The van der Waals surface area contributed by atoms with Crippen LogP contribution >= 0.6 is 12.6 Å². The maximum atomic E-state index is 13.1. The predicted molar refractivity (Wildman–Crippen MR) is 97.9 cm³/mol. The van der Waals surface area contributed by atoms with E-state index in [1.807, 2.05) is 6.92 Å². The third-order valence-electron chi connectivity index (χ3n) is 3.82. The number of halogens is 1. The first kappa shape index (κ1) is 18.5. The van der Waals surface area contributed by atoms with Gasteiger partial charge in [0.15, 0.2) is 5.69 Å². The van der Waals surface area contributed by atoms with Gasteiger partial charge in [-0.2, -0.15) is 17.7 Å². The minimum absolute atomic E-state index is 0.167. The van der Waals surface area contributed by atoms with Crippen LogP contribution in [0.3, 0.4) is 0 Å². The van der Waals surface area contributed by atoms with Crippen molar-refractivity contribution in [2.45, 2.75) is 39.2 Å². The number of benzene rings is 1. The number of aryl methyl sites for hydroxylation is 1. The number of unbranched alkanes of at least 4 members (excludes halogenated alkanes) is 3. The Morgan fingerprint density at radius 3 is 2.58 bits per heavy atom. The normalized spacial score (nSPS) is 10.8. The molecule has 6 heteroatoms. The summed E-state index contributed by atoms with van der Waals surface area (Å²) in [5.74, 6) is 0.462. The Labute approximate surface area is 147 Å². The zero-order valence-electron chi connectivity index (χ0n) is 14.0. The molecule has 2 rings (SSSR count). The Bertz CT molecular complexity index is 655. The molecule has 0 atom stereocenters. The molecule has 0 spiro atoms.